The molecule has 2 aromatic rings. The molecule has 0 aromatic carbocycles. The van der Waals surface area contributed by atoms with E-state index in [0.29, 0.717) is 23.0 Å². The summed E-state index contributed by atoms with van der Waals surface area (Å²) in [6.45, 7) is 6.18. The molecule has 0 aliphatic carbocycles. The maximum atomic E-state index is 12.6. The molecule has 2 rings (SSSR count). The third kappa shape index (κ3) is 3.32. The first-order valence-corrected chi connectivity index (χ1v) is 6.54. The lowest BCUT2D eigenvalue weighted by Gasteiger charge is -2.12. The van der Waals surface area contributed by atoms with Crippen LogP contribution in [0.25, 0.3) is 5.82 Å². The smallest absolute Gasteiger partial charge is 0.370 e. The number of alkyl halides is 3. The Balaban J connectivity index is 2.44. The first-order chi connectivity index (χ1) is 9.82. The summed E-state index contributed by atoms with van der Waals surface area (Å²) in [5.74, 6) is 1.43. The van der Waals surface area contributed by atoms with Crippen molar-refractivity contribution in [2.24, 2.45) is 0 Å². The van der Waals surface area contributed by atoms with Crippen LogP contribution in [0.4, 0.5) is 19.0 Å². The lowest BCUT2D eigenvalue weighted by atomic mass is 10.3. The van der Waals surface area contributed by atoms with Gasteiger partial charge in [0, 0.05) is 18.3 Å². The van der Waals surface area contributed by atoms with Crippen molar-refractivity contribution < 1.29 is 13.2 Å². The fourth-order valence-electron chi connectivity index (χ4n) is 1.84. The second-order valence-electron chi connectivity index (χ2n) is 4.67. The van der Waals surface area contributed by atoms with E-state index in [1.165, 1.54) is 0 Å². The Morgan fingerprint density at radius 1 is 1.24 bits per heavy atom. The van der Waals surface area contributed by atoms with Crippen LogP contribution < -0.4 is 5.32 Å². The monoisotopic (exact) mass is 299 g/mol. The van der Waals surface area contributed by atoms with E-state index in [4.69, 9.17) is 0 Å². The molecule has 0 radical (unpaired) electrons. The second kappa shape index (κ2) is 5.71. The van der Waals surface area contributed by atoms with Gasteiger partial charge in [-0.25, -0.2) is 14.6 Å². The van der Waals surface area contributed by atoms with Crippen LogP contribution in [0.5, 0.6) is 0 Å². The van der Waals surface area contributed by atoms with Gasteiger partial charge in [-0.05, 0) is 20.3 Å². The first-order valence-electron chi connectivity index (χ1n) is 6.54. The molecule has 0 saturated heterocycles. The van der Waals surface area contributed by atoms with Crippen LogP contribution in [0.2, 0.25) is 0 Å². The van der Waals surface area contributed by atoms with E-state index in [9.17, 15) is 13.2 Å². The lowest BCUT2D eigenvalue weighted by Crippen LogP contribution is -2.11. The molecule has 0 aliphatic rings. The molecule has 0 atom stereocenters. The standard InChI is InChI=1S/C13H16F3N5/c1-4-5-17-11-8(2)12(20-9(3)19-11)21-7-10(6-18-21)13(14,15)16/h6-7H,4-5H2,1-3H3,(H,17,19,20). The van der Waals surface area contributed by atoms with Crippen LogP contribution in [0.3, 0.4) is 0 Å². The number of aromatic nitrogens is 4. The molecule has 114 valence electrons. The van der Waals surface area contributed by atoms with Crippen LogP contribution in [0.15, 0.2) is 12.4 Å². The maximum absolute atomic E-state index is 12.6. The highest BCUT2D eigenvalue weighted by atomic mass is 19.4. The van der Waals surface area contributed by atoms with Crippen LogP contribution >= 0.6 is 0 Å². The highest BCUT2D eigenvalue weighted by Gasteiger charge is 2.32. The summed E-state index contributed by atoms with van der Waals surface area (Å²) in [6, 6.07) is 0. The zero-order chi connectivity index (χ0) is 15.6. The molecule has 5 nitrogen and oxygen atoms in total. The van der Waals surface area contributed by atoms with E-state index >= 15 is 0 Å². The van der Waals surface area contributed by atoms with Crippen molar-refractivity contribution in [3.05, 3.63) is 29.3 Å². The number of halogens is 3. The van der Waals surface area contributed by atoms with Crippen molar-refractivity contribution in [2.75, 3.05) is 11.9 Å². The number of hydrogen-bond donors (Lipinski definition) is 1. The van der Waals surface area contributed by atoms with Gasteiger partial charge in [0.05, 0.1) is 11.8 Å². The quantitative estimate of drug-likeness (QED) is 0.942. The van der Waals surface area contributed by atoms with Crippen molar-refractivity contribution in [1.29, 1.82) is 0 Å². The number of aryl methyl sites for hydroxylation is 1. The van der Waals surface area contributed by atoms with Crippen molar-refractivity contribution >= 4 is 5.82 Å². The van der Waals surface area contributed by atoms with Gasteiger partial charge in [0.1, 0.15) is 11.6 Å². The fraction of sp³-hybridized carbons (Fsp3) is 0.462. The summed E-state index contributed by atoms with van der Waals surface area (Å²) in [6.07, 6.45) is -1.79. The van der Waals surface area contributed by atoms with Crippen molar-refractivity contribution in [2.45, 2.75) is 33.4 Å². The van der Waals surface area contributed by atoms with E-state index in [-0.39, 0.29) is 0 Å². The molecule has 2 aromatic heterocycles. The van der Waals surface area contributed by atoms with Crippen LogP contribution in [-0.4, -0.2) is 26.3 Å². The van der Waals surface area contributed by atoms with E-state index in [1.807, 2.05) is 6.92 Å². The van der Waals surface area contributed by atoms with Crippen molar-refractivity contribution in [3.63, 3.8) is 0 Å². The Labute approximate surface area is 120 Å². The molecule has 0 amide bonds. The molecule has 0 aliphatic heterocycles. The molecule has 0 bridgehead atoms. The Morgan fingerprint density at radius 2 is 1.95 bits per heavy atom. The number of rotatable bonds is 4. The maximum Gasteiger partial charge on any atom is 0.419 e. The number of anilines is 1. The van der Waals surface area contributed by atoms with E-state index in [2.05, 4.69) is 20.4 Å². The predicted molar refractivity (Wildman–Crippen MR) is 72.4 cm³/mol. The molecule has 0 unspecified atom stereocenters. The SMILES string of the molecule is CCCNc1nc(C)nc(-n2cc(C(F)(F)F)cn2)c1C. The molecule has 21 heavy (non-hydrogen) atoms. The summed E-state index contributed by atoms with van der Waals surface area (Å²) in [5, 5.41) is 6.89. The topological polar surface area (TPSA) is 55.6 Å². The van der Waals surface area contributed by atoms with Gasteiger partial charge in [0.25, 0.3) is 0 Å². The van der Waals surface area contributed by atoms with Crippen LogP contribution in [-0.2, 0) is 6.18 Å². The van der Waals surface area contributed by atoms with Gasteiger partial charge in [-0.15, -0.1) is 0 Å². The summed E-state index contributed by atoms with van der Waals surface area (Å²) in [5.41, 5.74) is -0.146. The van der Waals surface area contributed by atoms with Crippen LogP contribution in [0.1, 0.15) is 30.3 Å². The van der Waals surface area contributed by atoms with Gasteiger partial charge in [0.15, 0.2) is 5.82 Å². The largest absolute Gasteiger partial charge is 0.419 e. The zero-order valence-corrected chi connectivity index (χ0v) is 12.0. The molecule has 0 saturated carbocycles. The van der Waals surface area contributed by atoms with Crippen molar-refractivity contribution in [3.8, 4) is 5.82 Å². The third-order valence-electron chi connectivity index (χ3n) is 2.90. The zero-order valence-electron chi connectivity index (χ0n) is 12.0. The van der Waals surface area contributed by atoms with Gasteiger partial charge in [0.2, 0.25) is 0 Å². The lowest BCUT2D eigenvalue weighted by molar-refractivity contribution is -0.137. The molecule has 0 fully saturated rings. The molecule has 1 N–H and O–H groups in total. The predicted octanol–water partition coefficient (Wildman–Crippen LogP) is 3.12. The van der Waals surface area contributed by atoms with Crippen LogP contribution in [0, 0.1) is 13.8 Å². The van der Waals surface area contributed by atoms with Gasteiger partial charge >= 0.3 is 6.18 Å². The molecule has 0 spiro atoms. The average Bonchev–Trinajstić information content (AvgIpc) is 2.88. The highest BCUT2D eigenvalue weighted by Crippen LogP contribution is 2.29. The number of nitrogens with one attached hydrogen (secondary N) is 1. The Hall–Kier alpha value is -2.12. The van der Waals surface area contributed by atoms with Gasteiger partial charge in [-0.3, -0.25) is 0 Å². The Kier molecular flexibility index (Phi) is 4.15. The van der Waals surface area contributed by atoms with Gasteiger partial charge in [-0.2, -0.15) is 18.3 Å². The summed E-state index contributed by atoms with van der Waals surface area (Å²) >= 11 is 0. The molecular weight excluding hydrogens is 283 g/mol. The van der Waals surface area contributed by atoms with Gasteiger partial charge < -0.3 is 5.32 Å². The Morgan fingerprint density at radius 3 is 2.52 bits per heavy atom. The minimum atomic E-state index is -4.42. The summed E-state index contributed by atoms with van der Waals surface area (Å²) < 4.78 is 39.1. The first kappa shape index (κ1) is 15.3. The fourth-order valence-corrected chi connectivity index (χ4v) is 1.84. The van der Waals surface area contributed by atoms with E-state index < -0.39 is 11.7 Å². The number of nitrogens with zero attached hydrogens (tertiary/aromatic N) is 4. The van der Waals surface area contributed by atoms with Gasteiger partial charge in [-0.1, -0.05) is 6.92 Å². The summed E-state index contributed by atoms with van der Waals surface area (Å²) in [4.78, 5) is 8.46. The highest BCUT2D eigenvalue weighted by molar-refractivity contribution is 5.51. The molecular formula is C13H16F3N5. The third-order valence-corrected chi connectivity index (χ3v) is 2.90. The Bertz CT molecular complexity index is 633. The van der Waals surface area contributed by atoms with Crippen molar-refractivity contribution in [1.82, 2.24) is 19.7 Å². The normalized spacial score (nSPS) is 11.7. The molecule has 8 heteroatoms. The average molecular weight is 299 g/mol. The van der Waals surface area contributed by atoms with E-state index in [0.717, 1.165) is 30.0 Å². The number of hydrogen-bond acceptors (Lipinski definition) is 4. The second-order valence-corrected chi connectivity index (χ2v) is 4.67. The van der Waals surface area contributed by atoms with E-state index in [1.54, 1.807) is 13.8 Å². The summed E-state index contributed by atoms with van der Waals surface area (Å²) in [7, 11) is 0. The minimum absolute atomic E-state index is 0.344. The molecule has 2 heterocycles. The minimum Gasteiger partial charge on any atom is -0.370 e.